The van der Waals surface area contributed by atoms with Gasteiger partial charge in [0, 0.05) is 16.7 Å². The minimum absolute atomic E-state index is 0.114. The van der Waals surface area contributed by atoms with Gasteiger partial charge in [0.05, 0.1) is 17.6 Å². The number of fused-ring (bicyclic) bond motifs is 2. The number of aromatic amines is 1. The summed E-state index contributed by atoms with van der Waals surface area (Å²) in [5.41, 5.74) is 6.26. The molecule has 0 spiro atoms. The van der Waals surface area contributed by atoms with Gasteiger partial charge < -0.3 is 9.72 Å². The van der Waals surface area contributed by atoms with Gasteiger partial charge in [0.25, 0.3) is 5.56 Å². The summed E-state index contributed by atoms with van der Waals surface area (Å²) in [4.78, 5) is 33.4. The van der Waals surface area contributed by atoms with E-state index in [9.17, 15) is 9.59 Å². The Balaban J connectivity index is 1.38. The fourth-order valence-electron chi connectivity index (χ4n) is 4.27. The van der Waals surface area contributed by atoms with Crippen molar-refractivity contribution in [1.82, 2.24) is 9.97 Å². The third-order valence-electron chi connectivity index (χ3n) is 5.90. The van der Waals surface area contributed by atoms with Crippen molar-refractivity contribution in [3.63, 3.8) is 0 Å². The highest BCUT2D eigenvalue weighted by molar-refractivity contribution is 7.98. The maximum absolute atomic E-state index is 13.0. The Morgan fingerprint density at radius 2 is 2.00 bits per heavy atom. The Bertz CT molecular complexity index is 1390. The SMILES string of the molecule is CCOC(=O)c1cccc(CSc2nc3scc(-c4ccc5c(c4)CCCC5)c3c(=O)[nH]2)c1. The Kier molecular flexibility index (Phi) is 6.33. The lowest BCUT2D eigenvalue weighted by molar-refractivity contribution is 0.0526. The molecule has 0 radical (unpaired) electrons. The van der Waals surface area contributed by atoms with Crippen LogP contribution in [0.5, 0.6) is 0 Å². The van der Waals surface area contributed by atoms with Crippen LogP contribution in [0.3, 0.4) is 0 Å². The lowest BCUT2D eigenvalue weighted by Crippen LogP contribution is -2.09. The molecule has 1 aliphatic rings. The second-order valence-corrected chi connectivity index (χ2v) is 9.92. The number of aromatic nitrogens is 2. The van der Waals surface area contributed by atoms with Crippen molar-refractivity contribution in [3.8, 4) is 11.1 Å². The number of esters is 1. The minimum Gasteiger partial charge on any atom is -0.462 e. The van der Waals surface area contributed by atoms with Crippen molar-refractivity contribution in [2.75, 3.05) is 6.61 Å². The fraction of sp³-hybridized carbons (Fsp3) is 0.269. The number of carbonyl (C=O) groups excluding carboxylic acids is 1. The van der Waals surface area contributed by atoms with E-state index in [0.717, 1.165) is 34.4 Å². The standard InChI is InChI=1S/C26H24N2O3S2/c1-2-31-25(30)20-9-5-6-16(12-20)14-33-26-27-23(29)22-21(15-32-24(22)28-26)19-11-10-17-7-3-4-8-18(17)13-19/h5-6,9-13,15H,2-4,7-8,14H2,1H3,(H,27,28,29). The highest BCUT2D eigenvalue weighted by atomic mass is 32.2. The van der Waals surface area contributed by atoms with E-state index in [2.05, 4.69) is 23.2 Å². The van der Waals surface area contributed by atoms with Gasteiger partial charge in [-0.1, -0.05) is 42.1 Å². The van der Waals surface area contributed by atoms with Crippen LogP contribution in [0, 0.1) is 0 Å². The summed E-state index contributed by atoms with van der Waals surface area (Å²) >= 11 is 2.95. The molecule has 33 heavy (non-hydrogen) atoms. The zero-order chi connectivity index (χ0) is 22.8. The van der Waals surface area contributed by atoms with Gasteiger partial charge in [0.1, 0.15) is 4.83 Å². The van der Waals surface area contributed by atoms with E-state index in [1.165, 1.54) is 47.1 Å². The molecule has 1 N–H and O–H groups in total. The summed E-state index contributed by atoms with van der Waals surface area (Å²) in [6.45, 7) is 2.13. The van der Waals surface area contributed by atoms with Crippen molar-refractivity contribution in [3.05, 3.63) is 80.5 Å². The average molecular weight is 477 g/mol. The number of nitrogens with one attached hydrogen (secondary N) is 1. The maximum atomic E-state index is 13.0. The van der Waals surface area contributed by atoms with Crippen LogP contribution in [-0.4, -0.2) is 22.5 Å². The molecule has 2 heterocycles. The number of nitrogens with zero attached hydrogens (tertiary/aromatic N) is 1. The van der Waals surface area contributed by atoms with Crippen LogP contribution < -0.4 is 5.56 Å². The first-order chi connectivity index (χ1) is 16.1. The van der Waals surface area contributed by atoms with E-state index in [0.29, 0.717) is 28.5 Å². The number of carbonyl (C=O) groups is 1. The van der Waals surface area contributed by atoms with Crippen LogP contribution in [0.15, 0.2) is 57.8 Å². The third kappa shape index (κ3) is 4.61. The summed E-state index contributed by atoms with van der Waals surface area (Å²) < 4.78 is 5.07. The number of rotatable bonds is 6. The van der Waals surface area contributed by atoms with Gasteiger partial charge in [-0.2, -0.15) is 0 Å². The van der Waals surface area contributed by atoms with Gasteiger partial charge >= 0.3 is 5.97 Å². The van der Waals surface area contributed by atoms with Crippen molar-refractivity contribution in [2.24, 2.45) is 0 Å². The molecule has 0 saturated carbocycles. The largest absolute Gasteiger partial charge is 0.462 e. The number of hydrogen-bond donors (Lipinski definition) is 1. The normalized spacial score (nSPS) is 13.1. The Hall–Kier alpha value is -2.90. The topological polar surface area (TPSA) is 72.0 Å². The molecule has 7 heteroatoms. The molecule has 4 aromatic rings. The molecular formula is C26H24N2O3S2. The molecule has 0 aliphatic heterocycles. The van der Waals surface area contributed by atoms with E-state index in [-0.39, 0.29) is 11.5 Å². The number of thioether (sulfide) groups is 1. The molecule has 0 amide bonds. The van der Waals surface area contributed by atoms with Crippen molar-refractivity contribution < 1.29 is 9.53 Å². The van der Waals surface area contributed by atoms with Crippen LogP contribution in [0.2, 0.25) is 0 Å². The summed E-state index contributed by atoms with van der Waals surface area (Å²) in [5, 5.41) is 3.27. The smallest absolute Gasteiger partial charge is 0.338 e. The highest BCUT2D eigenvalue weighted by Gasteiger charge is 2.16. The van der Waals surface area contributed by atoms with Crippen molar-refractivity contribution in [1.29, 1.82) is 0 Å². The summed E-state index contributed by atoms with van der Waals surface area (Å²) in [6, 6.07) is 13.9. The van der Waals surface area contributed by atoms with Gasteiger partial charge in [-0.15, -0.1) is 11.3 Å². The predicted octanol–water partition coefficient (Wildman–Crippen LogP) is 6.00. The first-order valence-corrected chi connectivity index (χ1v) is 13.0. The number of H-pyrrole nitrogens is 1. The number of aryl methyl sites for hydroxylation is 2. The van der Waals surface area contributed by atoms with Crippen LogP contribution in [-0.2, 0) is 23.3 Å². The van der Waals surface area contributed by atoms with E-state index in [1.807, 2.05) is 23.6 Å². The molecule has 1 aliphatic carbocycles. The van der Waals surface area contributed by atoms with E-state index >= 15 is 0 Å². The minimum atomic E-state index is -0.328. The highest BCUT2D eigenvalue weighted by Crippen LogP contribution is 2.34. The first-order valence-electron chi connectivity index (χ1n) is 11.1. The Morgan fingerprint density at radius 1 is 1.15 bits per heavy atom. The Morgan fingerprint density at radius 3 is 2.85 bits per heavy atom. The average Bonchev–Trinajstić information content (AvgIpc) is 3.27. The van der Waals surface area contributed by atoms with E-state index in [1.54, 1.807) is 13.0 Å². The second-order valence-electron chi connectivity index (χ2n) is 8.10. The zero-order valence-electron chi connectivity index (χ0n) is 18.3. The molecule has 0 atom stereocenters. The lowest BCUT2D eigenvalue weighted by Gasteiger charge is -2.16. The van der Waals surface area contributed by atoms with Gasteiger partial charge in [0.15, 0.2) is 5.16 Å². The number of hydrogen-bond acceptors (Lipinski definition) is 6. The van der Waals surface area contributed by atoms with Crippen LogP contribution in [0.4, 0.5) is 0 Å². The summed E-state index contributed by atoms with van der Waals surface area (Å²) in [7, 11) is 0. The van der Waals surface area contributed by atoms with Gasteiger partial charge in [-0.25, -0.2) is 9.78 Å². The molecule has 5 rings (SSSR count). The lowest BCUT2D eigenvalue weighted by atomic mass is 9.89. The van der Waals surface area contributed by atoms with Crippen molar-refractivity contribution >= 4 is 39.3 Å². The molecule has 0 saturated heterocycles. The molecule has 2 aromatic heterocycles. The van der Waals surface area contributed by atoms with Gasteiger partial charge in [-0.3, -0.25) is 4.79 Å². The first kappa shape index (κ1) is 21.9. The van der Waals surface area contributed by atoms with E-state index in [4.69, 9.17) is 9.72 Å². The van der Waals surface area contributed by atoms with Crippen LogP contribution in [0.25, 0.3) is 21.3 Å². The van der Waals surface area contributed by atoms with Crippen LogP contribution in [0.1, 0.15) is 46.8 Å². The summed E-state index contributed by atoms with van der Waals surface area (Å²) in [6.07, 6.45) is 4.74. The number of ether oxygens (including phenoxy) is 1. The molecule has 0 unspecified atom stereocenters. The van der Waals surface area contributed by atoms with Gasteiger partial charge in [-0.05, 0) is 67.0 Å². The molecule has 2 aromatic carbocycles. The molecule has 5 nitrogen and oxygen atoms in total. The number of thiophene rings is 1. The quantitative estimate of drug-likeness (QED) is 0.210. The monoisotopic (exact) mass is 476 g/mol. The zero-order valence-corrected chi connectivity index (χ0v) is 20.0. The Labute approximate surface area is 200 Å². The van der Waals surface area contributed by atoms with Crippen molar-refractivity contribution in [2.45, 2.75) is 43.5 Å². The molecular weight excluding hydrogens is 452 g/mol. The predicted molar refractivity (Wildman–Crippen MR) is 134 cm³/mol. The number of benzene rings is 2. The molecule has 0 bridgehead atoms. The molecule has 168 valence electrons. The summed E-state index contributed by atoms with van der Waals surface area (Å²) in [5.74, 6) is 0.260. The fourth-order valence-corrected chi connectivity index (χ4v) is 6.07. The maximum Gasteiger partial charge on any atom is 0.338 e. The van der Waals surface area contributed by atoms with Crippen LogP contribution >= 0.6 is 23.1 Å². The van der Waals surface area contributed by atoms with E-state index < -0.39 is 0 Å². The molecule has 0 fully saturated rings. The third-order valence-corrected chi connectivity index (χ3v) is 7.71. The van der Waals surface area contributed by atoms with Gasteiger partial charge in [0.2, 0.25) is 0 Å². The second kappa shape index (κ2) is 9.53.